The predicted octanol–water partition coefficient (Wildman–Crippen LogP) is 1.97. The first-order valence-electron chi connectivity index (χ1n) is 18.8. The van der Waals surface area contributed by atoms with Crippen LogP contribution in [0.2, 0.25) is 0 Å². The fourth-order valence-corrected chi connectivity index (χ4v) is 9.03. The van der Waals surface area contributed by atoms with Crippen molar-refractivity contribution >= 4 is 69.1 Å². The number of allylic oxidation sites excluding steroid dienone is 2. The van der Waals surface area contributed by atoms with Crippen LogP contribution in [-0.4, -0.2) is 123 Å². The predicted molar refractivity (Wildman–Crippen MR) is 214 cm³/mol. The zero-order valence-electron chi connectivity index (χ0n) is 33.2. The van der Waals surface area contributed by atoms with Crippen molar-refractivity contribution in [3.63, 3.8) is 0 Å². The molecule has 10 N–H and O–H groups in total. The van der Waals surface area contributed by atoms with Gasteiger partial charge in [0.2, 0.25) is 11.8 Å². The standard InChI is InChI=1S/C32H54N7O17P3S/c1-4-5-6-7-8-9-10-11-12-23(41)60-16-15-34-22(40)13-14-35-30(44)27(43)32(2,3)18-53-59(50,51)56-58(48,49)52-17-21-26(55-57(45,46)47)25(42)31(54-21)39-20-38-24-28(33)36-19-37-29(24)39/h6-7,19-21,25-27,31,42-43H,4-5,8-18H2,1-3H3,(H,34,40)(H,35,44)(H,48,49)(H,50,51)(H2,33,36,37)(H2,45,46,47)/b7-6+. The highest BCUT2D eigenvalue weighted by Crippen LogP contribution is 2.61. The number of hydrogen-bond donors (Lipinski definition) is 9. The van der Waals surface area contributed by atoms with Gasteiger partial charge in [-0.25, -0.2) is 28.6 Å². The van der Waals surface area contributed by atoms with Crippen molar-refractivity contribution < 1.29 is 80.5 Å². The van der Waals surface area contributed by atoms with Gasteiger partial charge in [0.15, 0.2) is 22.8 Å². The molecule has 2 aromatic rings. The lowest BCUT2D eigenvalue weighted by molar-refractivity contribution is -0.137. The molecular weight excluding hydrogens is 879 g/mol. The second-order valence-corrected chi connectivity index (χ2v) is 19.5. The normalized spacial score (nSPS) is 21.1. The summed E-state index contributed by atoms with van der Waals surface area (Å²) >= 11 is 1.13. The zero-order valence-corrected chi connectivity index (χ0v) is 36.7. The number of phosphoric acid groups is 3. The molecule has 340 valence electrons. The van der Waals surface area contributed by atoms with E-state index in [9.17, 15) is 57.9 Å². The van der Waals surface area contributed by atoms with E-state index in [4.69, 9.17) is 19.5 Å². The highest BCUT2D eigenvalue weighted by molar-refractivity contribution is 8.13. The minimum Gasteiger partial charge on any atom is -0.386 e. The quantitative estimate of drug-likeness (QED) is 0.0351. The number of rotatable bonds is 27. The largest absolute Gasteiger partial charge is 0.481 e. The molecule has 0 spiro atoms. The van der Waals surface area contributed by atoms with Gasteiger partial charge in [0.05, 0.1) is 19.5 Å². The molecule has 3 heterocycles. The van der Waals surface area contributed by atoms with E-state index in [1.807, 2.05) is 0 Å². The van der Waals surface area contributed by atoms with E-state index in [1.165, 1.54) is 13.8 Å². The number of imidazole rings is 1. The number of nitrogen functional groups attached to an aromatic ring is 1. The maximum absolute atomic E-state index is 12.7. The Morgan fingerprint density at radius 3 is 2.40 bits per heavy atom. The molecule has 7 unspecified atom stereocenters. The first kappa shape index (κ1) is 51.6. The lowest BCUT2D eigenvalue weighted by atomic mass is 9.87. The molecule has 0 aliphatic carbocycles. The van der Waals surface area contributed by atoms with Crippen LogP contribution in [0.4, 0.5) is 5.82 Å². The summed E-state index contributed by atoms with van der Waals surface area (Å²) in [5, 5.41) is 26.5. The first-order chi connectivity index (χ1) is 28.1. The van der Waals surface area contributed by atoms with Gasteiger partial charge in [0.1, 0.15) is 36.3 Å². The van der Waals surface area contributed by atoms with Crippen LogP contribution >= 0.6 is 35.2 Å². The first-order valence-corrected chi connectivity index (χ1v) is 24.3. The van der Waals surface area contributed by atoms with Crippen LogP contribution in [0.15, 0.2) is 24.8 Å². The van der Waals surface area contributed by atoms with Gasteiger partial charge in [-0.2, -0.15) is 4.31 Å². The van der Waals surface area contributed by atoms with Gasteiger partial charge < -0.3 is 50.9 Å². The van der Waals surface area contributed by atoms with Crippen molar-refractivity contribution in [3.8, 4) is 0 Å². The number of phosphoric ester groups is 3. The highest BCUT2D eigenvalue weighted by Gasteiger charge is 2.50. The average molecular weight is 934 g/mol. The molecule has 28 heteroatoms. The number of nitrogens with two attached hydrogens (primary N) is 1. The van der Waals surface area contributed by atoms with Crippen molar-refractivity contribution in [2.24, 2.45) is 5.41 Å². The molecule has 60 heavy (non-hydrogen) atoms. The van der Waals surface area contributed by atoms with Crippen molar-refractivity contribution in [3.05, 3.63) is 24.8 Å². The van der Waals surface area contributed by atoms with E-state index in [0.717, 1.165) is 67.5 Å². The van der Waals surface area contributed by atoms with Gasteiger partial charge in [-0.3, -0.25) is 32.5 Å². The number of fused-ring (bicyclic) bond motifs is 1. The number of hydrogen-bond acceptors (Lipinski definition) is 18. The van der Waals surface area contributed by atoms with E-state index in [2.05, 4.69) is 53.5 Å². The number of anilines is 1. The number of aliphatic hydroxyl groups excluding tert-OH is 2. The van der Waals surface area contributed by atoms with Gasteiger partial charge in [-0.1, -0.05) is 57.5 Å². The SMILES string of the molecule is CCC/C=C/CCCCCC(=O)SCCNC(=O)CCNC(=O)C(O)C(C)(C)COP(=O)(O)OP(=O)(O)OCC1OC(n2cnc3c(N)ncnc32)C(O)C1OP(=O)(O)O. The number of carbonyl (C=O) groups is 3. The van der Waals surface area contributed by atoms with Crippen LogP contribution < -0.4 is 16.4 Å². The summed E-state index contributed by atoms with van der Waals surface area (Å²) in [7, 11) is -16.4. The Morgan fingerprint density at radius 1 is 1.00 bits per heavy atom. The van der Waals surface area contributed by atoms with Gasteiger partial charge in [0.25, 0.3) is 0 Å². The van der Waals surface area contributed by atoms with E-state index in [1.54, 1.807) is 0 Å². The molecule has 1 aliphatic heterocycles. The molecule has 1 aliphatic rings. The van der Waals surface area contributed by atoms with Crippen LogP contribution in [0, 0.1) is 5.41 Å². The number of nitrogens with one attached hydrogen (secondary N) is 2. The van der Waals surface area contributed by atoms with E-state index < -0.39 is 84.6 Å². The third kappa shape index (κ3) is 17.2. The summed E-state index contributed by atoms with van der Waals surface area (Å²) in [6.45, 7) is 2.67. The van der Waals surface area contributed by atoms with Gasteiger partial charge in [0, 0.05) is 37.1 Å². The topological polar surface area (TPSA) is 364 Å². The average Bonchev–Trinajstić information content (AvgIpc) is 3.72. The maximum Gasteiger partial charge on any atom is 0.481 e. The van der Waals surface area contributed by atoms with E-state index in [0.29, 0.717) is 12.2 Å². The Kier molecular flexibility index (Phi) is 20.4. The Labute approximate surface area is 349 Å². The second kappa shape index (κ2) is 23.7. The summed E-state index contributed by atoms with van der Waals surface area (Å²) in [5.41, 5.74) is 4.27. The Balaban J connectivity index is 1.41. The van der Waals surface area contributed by atoms with E-state index >= 15 is 0 Å². The molecular formula is C32H54N7O17P3S. The molecule has 0 radical (unpaired) electrons. The monoisotopic (exact) mass is 933 g/mol. The number of aromatic nitrogens is 4. The molecule has 0 bridgehead atoms. The highest BCUT2D eigenvalue weighted by atomic mass is 32.2. The van der Waals surface area contributed by atoms with Gasteiger partial charge in [-0.05, 0) is 25.7 Å². The Hall–Kier alpha value is -2.70. The van der Waals surface area contributed by atoms with Crippen molar-refractivity contribution in [2.75, 3.05) is 37.8 Å². The van der Waals surface area contributed by atoms with Crippen LogP contribution in [0.3, 0.4) is 0 Å². The molecule has 7 atom stereocenters. The maximum atomic E-state index is 12.7. The van der Waals surface area contributed by atoms with Crippen molar-refractivity contribution in [1.29, 1.82) is 0 Å². The van der Waals surface area contributed by atoms with Crippen molar-refractivity contribution in [2.45, 2.75) is 103 Å². The van der Waals surface area contributed by atoms with Gasteiger partial charge in [-0.15, -0.1) is 0 Å². The lowest BCUT2D eigenvalue weighted by Gasteiger charge is -2.30. The number of nitrogens with zero attached hydrogens (tertiary/aromatic N) is 4. The lowest BCUT2D eigenvalue weighted by Crippen LogP contribution is -2.46. The molecule has 2 amide bonds. The molecule has 0 saturated carbocycles. The molecule has 3 rings (SSSR count). The van der Waals surface area contributed by atoms with Gasteiger partial charge >= 0.3 is 23.5 Å². The molecule has 0 aromatic carbocycles. The summed E-state index contributed by atoms with van der Waals surface area (Å²) in [6.07, 6.45) is 3.88. The zero-order chi connectivity index (χ0) is 44.7. The number of thioether (sulfide) groups is 1. The number of aliphatic hydroxyl groups is 2. The summed E-state index contributed by atoms with van der Waals surface area (Å²) in [5.74, 6) is -1.05. The fourth-order valence-electron chi connectivity index (χ4n) is 5.48. The number of amides is 2. The summed E-state index contributed by atoms with van der Waals surface area (Å²) in [6, 6.07) is 0. The molecule has 1 saturated heterocycles. The van der Waals surface area contributed by atoms with Crippen LogP contribution in [0.1, 0.15) is 78.4 Å². The summed E-state index contributed by atoms with van der Waals surface area (Å²) < 4.78 is 62.2. The fraction of sp³-hybridized carbons (Fsp3) is 0.688. The molecule has 24 nitrogen and oxygen atoms in total. The van der Waals surface area contributed by atoms with E-state index in [-0.39, 0.29) is 41.6 Å². The van der Waals surface area contributed by atoms with Crippen LogP contribution in [-0.2, 0) is 50.7 Å². The third-order valence-corrected chi connectivity index (χ3v) is 12.7. The van der Waals surface area contributed by atoms with Crippen LogP contribution in [0.25, 0.3) is 11.2 Å². The third-order valence-electron chi connectivity index (χ3n) is 8.64. The smallest absolute Gasteiger partial charge is 0.386 e. The number of ether oxygens (including phenoxy) is 1. The number of unbranched alkanes of at least 4 members (excludes halogenated alkanes) is 4. The number of carbonyl (C=O) groups excluding carboxylic acids is 3. The molecule has 1 fully saturated rings. The minimum atomic E-state index is -5.57. The Bertz CT molecular complexity index is 1920. The Morgan fingerprint density at radius 2 is 1.70 bits per heavy atom. The van der Waals surface area contributed by atoms with Crippen molar-refractivity contribution in [1.82, 2.24) is 30.2 Å². The molecule has 2 aromatic heterocycles. The minimum absolute atomic E-state index is 0.0320. The summed E-state index contributed by atoms with van der Waals surface area (Å²) in [4.78, 5) is 87.9. The second-order valence-electron chi connectivity index (χ2n) is 14.1. The van der Waals surface area contributed by atoms with Crippen LogP contribution in [0.5, 0.6) is 0 Å².